The van der Waals surface area contributed by atoms with Crippen LogP contribution in [0.15, 0.2) is 188 Å². The third-order valence-electron chi connectivity index (χ3n) is 10.3. The first-order valence-electron chi connectivity index (χ1n) is 23.6. The van der Waals surface area contributed by atoms with Gasteiger partial charge in [0.1, 0.15) is 11.6 Å². The molecule has 5 aromatic carbocycles. The van der Waals surface area contributed by atoms with Gasteiger partial charge in [0.15, 0.2) is 5.88 Å². The van der Waals surface area contributed by atoms with E-state index in [1.807, 2.05) is 89.5 Å². The van der Waals surface area contributed by atoms with E-state index in [2.05, 4.69) is 60.2 Å². The summed E-state index contributed by atoms with van der Waals surface area (Å²) in [6.07, 6.45) is 15.1. The summed E-state index contributed by atoms with van der Waals surface area (Å²) in [7, 11) is 0. The van der Waals surface area contributed by atoms with Crippen molar-refractivity contribution < 1.29 is 23.0 Å². The van der Waals surface area contributed by atoms with Crippen LogP contribution in [0.5, 0.6) is 5.75 Å². The van der Waals surface area contributed by atoms with E-state index in [0.29, 0.717) is 22.7 Å². The molecule has 0 bridgehead atoms. The zero-order valence-electron chi connectivity index (χ0n) is 41.3. The van der Waals surface area contributed by atoms with Gasteiger partial charge in [-0.25, -0.2) is 4.98 Å². The fourth-order valence-electron chi connectivity index (χ4n) is 7.56. The highest BCUT2D eigenvalue weighted by atomic mass is 16.5. The molecule has 3 aliphatic heterocycles. The van der Waals surface area contributed by atoms with Crippen molar-refractivity contribution in [1.82, 2.24) is 14.7 Å². The van der Waals surface area contributed by atoms with Crippen molar-refractivity contribution in [1.29, 1.82) is 0 Å². The van der Waals surface area contributed by atoms with Crippen molar-refractivity contribution in [2.45, 2.75) is 26.2 Å². The van der Waals surface area contributed by atoms with Gasteiger partial charge >= 0.3 is 14.0 Å². The molecule has 9 heteroatoms. The van der Waals surface area contributed by atoms with E-state index >= 15 is 0 Å². The Kier molecular flexibility index (Phi) is 6.17. The molecule has 0 unspecified atom stereocenters. The number of pyridine rings is 1. The van der Waals surface area contributed by atoms with E-state index in [1.165, 1.54) is 0 Å². The van der Waals surface area contributed by atoms with Crippen LogP contribution in [-0.4, -0.2) is 23.4 Å². The number of rotatable bonds is 7. The monoisotopic (exact) mass is 748 g/mol. The molecule has 0 fully saturated rings. The molecule has 0 atom stereocenters. The summed E-state index contributed by atoms with van der Waals surface area (Å²) >= 11 is 0. The molecule has 7 aromatic rings. The Hall–Kier alpha value is -6.99. The average Bonchev–Trinajstić information content (AvgIpc) is 3.87. The smallest absolute Gasteiger partial charge is 0.442 e. The van der Waals surface area contributed by atoms with Gasteiger partial charge in [-0.2, -0.15) is 0 Å². The number of allylic oxidation sites excluding steroid dienone is 4. The van der Waals surface area contributed by atoms with Crippen LogP contribution in [0.2, 0.25) is 0 Å². The maximum Gasteiger partial charge on any atom is 0.511 e. The van der Waals surface area contributed by atoms with Crippen LogP contribution in [0.3, 0.4) is 0 Å². The Labute approximate surface area is 348 Å². The predicted molar refractivity (Wildman–Crippen MR) is 233 cm³/mol. The Morgan fingerprint density at radius 2 is 1.54 bits per heavy atom. The maximum absolute atomic E-state index is 8.99. The molecular formula is C48H40B2N6O. The molecule has 0 spiro atoms. The van der Waals surface area contributed by atoms with Gasteiger partial charge in [0.25, 0.3) is 0 Å². The van der Waals surface area contributed by atoms with Gasteiger partial charge < -0.3 is 28.6 Å². The SMILES string of the molecule is [2H]c1c([2H])c([2H])c(-c2cccc(-c3c([2H])c([2H])c([2H])c([2H])c3[2H])c2-[n+]2[c-]n(B3C=CC=C(Oc4ccc5c(c4)N(c4cc(C(C)(C)C)ccn4)B4C=CC=CN45)N3)c3ccccc32)c([2H])c1[2H]. The zero-order valence-corrected chi connectivity index (χ0v) is 31.3. The van der Waals surface area contributed by atoms with Crippen molar-refractivity contribution >= 4 is 42.2 Å². The van der Waals surface area contributed by atoms with Crippen LogP contribution in [0, 0.1) is 6.33 Å². The summed E-state index contributed by atoms with van der Waals surface area (Å²) in [6.45, 7) is 5.79. The lowest BCUT2D eigenvalue weighted by Gasteiger charge is -2.27. The molecule has 5 heterocycles. The van der Waals surface area contributed by atoms with Gasteiger partial charge in [-0.1, -0.05) is 142 Å². The molecule has 0 saturated heterocycles. The standard InChI is InChI=1S/C48H40B2N6O/c1-48(2,3)37-27-30-51-45(32-37)56-44-33-38(25-26-43(44)54-31-13-12-29-50(54)56)57-46-24-15-28-49(52-46)55-34-53(41-22-10-11-23-42(41)55)47-39(35-16-6-4-7-17-35)20-14-21-40(47)36-18-8-5-9-19-36/h4-33,52H,1-3H3/i4D,5D,6D,7D,8D,9D,16D,17D,18D,19D. The first-order valence-corrected chi connectivity index (χ1v) is 18.6. The van der Waals surface area contributed by atoms with E-state index in [-0.39, 0.29) is 40.3 Å². The van der Waals surface area contributed by atoms with E-state index < -0.39 is 67.4 Å². The molecule has 274 valence electrons. The average molecular weight is 749 g/mol. The number of anilines is 3. The lowest BCUT2D eigenvalue weighted by atomic mass is 9.71. The Morgan fingerprint density at radius 1 is 0.789 bits per heavy atom. The fourth-order valence-corrected chi connectivity index (χ4v) is 7.56. The Balaban J connectivity index is 1.07. The summed E-state index contributed by atoms with van der Waals surface area (Å²) in [5, 5.41) is 3.48. The van der Waals surface area contributed by atoms with Crippen molar-refractivity contribution in [2.75, 3.05) is 9.62 Å². The molecule has 0 saturated carbocycles. The van der Waals surface area contributed by atoms with Gasteiger partial charge in [-0.3, -0.25) is 0 Å². The van der Waals surface area contributed by atoms with Crippen molar-refractivity contribution in [3.63, 3.8) is 0 Å². The second kappa shape index (κ2) is 13.9. The summed E-state index contributed by atoms with van der Waals surface area (Å²) in [5.41, 5.74) is 4.46. The highest BCUT2D eigenvalue weighted by Gasteiger charge is 2.41. The number of hydrogen-bond acceptors (Lipinski definition) is 5. The van der Waals surface area contributed by atoms with Crippen molar-refractivity contribution in [2.24, 2.45) is 0 Å². The third-order valence-corrected chi connectivity index (χ3v) is 10.3. The molecule has 3 aliphatic rings. The molecule has 0 aliphatic carbocycles. The number of para-hydroxylation sites is 3. The maximum atomic E-state index is 8.99. The van der Waals surface area contributed by atoms with Crippen molar-refractivity contribution in [3.05, 3.63) is 200 Å². The van der Waals surface area contributed by atoms with Crippen molar-refractivity contribution in [3.8, 4) is 33.7 Å². The lowest BCUT2D eigenvalue weighted by Crippen LogP contribution is -2.43. The minimum Gasteiger partial charge on any atom is -0.442 e. The number of fused-ring (bicyclic) bond motifs is 4. The fraction of sp³-hybridized carbons (Fsp3) is 0.0833. The van der Waals surface area contributed by atoms with Crippen LogP contribution in [-0.2, 0) is 5.41 Å². The molecule has 1 N–H and O–H groups in total. The van der Waals surface area contributed by atoms with Gasteiger partial charge in [-0.15, -0.1) is 0 Å². The topological polar surface area (TPSA) is 49.4 Å². The number of imidazole rings is 1. The number of aromatic nitrogens is 3. The van der Waals surface area contributed by atoms with E-state index in [9.17, 15) is 0 Å². The van der Waals surface area contributed by atoms with Crippen LogP contribution < -0.4 is 24.2 Å². The first kappa shape index (κ1) is 25.2. The Bertz CT molecular complexity index is 3220. The normalized spacial score (nSPS) is 16.9. The molecular weight excluding hydrogens is 698 g/mol. The molecule has 0 amide bonds. The second-order valence-corrected chi connectivity index (χ2v) is 14.8. The number of nitrogens with one attached hydrogen (secondary N) is 1. The van der Waals surface area contributed by atoms with Gasteiger partial charge in [0.05, 0.1) is 36.3 Å². The number of nitrogens with zero attached hydrogens (tertiary/aromatic N) is 5. The number of hydrogen-bond donors (Lipinski definition) is 1. The number of benzene rings is 5. The van der Waals surface area contributed by atoms with Crippen LogP contribution in [0.25, 0.3) is 39.0 Å². The predicted octanol–water partition coefficient (Wildman–Crippen LogP) is 9.77. The highest BCUT2D eigenvalue weighted by molar-refractivity contribution is 6.76. The first-order chi connectivity index (χ1) is 32.0. The summed E-state index contributed by atoms with van der Waals surface area (Å²) in [5.74, 6) is 5.85. The van der Waals surface area contributed by atoms with Crippen LogP contribution >= 0.6 is 0 Å². The third kappa shape index (κ3) is 6.22. The van der Waals surface area contributed by atoms with Gasteiger partial charge in [0.2, 0.25) is 6.33 Å². The molecule has 57 heavy (non-hydrogen) atoms. The molecule has 0 radical (unpaired) electrons. The largest absolute Gasteiger partial charge is 0.511 e. The minimum atomic E-state index is -0.609. The van der Waals surface area contributed by atoms with E-state index in [1.54, 1.807) is 22.8 Å². The molecule has 2 aromatic heterocycles. The number of ether oxygens (including phenoxy) is 1. The molecule has 10 rings (SSSR count). The molecule has 7 nitrogen and oxygen atoms in total. The summed E-state index contributed by atoms with van der Waals surface area (Å²) in [6, 6.07) is 17.1. The van der Waals surface area contributed by atoms with Crippen LogP contribution in [0.1, 0.15) is 40.0 Å². The lowest BCUT2D eigenvalue weighted by molar-refractivity contribution is -0.570. The van der Waals surface area contributed by atoms with Gasteiger partial charge in [-0.05, 0) is 81.8 Å². The quantitative estimate of drug-likeness (QED) is 0.100. The zero-order chi connectivity index (χ0) is 47.2. The minimum absolute atomic E-state index is 0.0848. The highest BCUT2D eigenvalue weighted by Crippen LogP contribution is 2.46. The summed E-state index contributed by atoms with van der Waals surface area (Å²) in [4.78, 5) is 9.22. The summed E-state index contributed by atoms with van der Waals surface area (Å²) < 4.78 is 96.8. The van der Waals surface area contributed by atoms with Gasteiger partial charge in [0, 0.05) is 17.8 Å². The van der Waals surface area contributed by atoms with Crippen LogP contribution in [0.4, 0.5) is 17.2 Å². The van der Waals surface area contributed by atoms with E-state index in [4.69, 9.17) is 23.4 Å². The van der Waals surface area contributed by atoms with E-state index in [0.717, 1.165) is 22.8 Å². The Morgan fingerprint density at radius 3 is 2.30 bits per heavy atom. The second-order valence-electron chi connectivity index (χ2n) is 14.8.